The molecule has 0 saturated heterocycles. The molecule has 0 aliphatic heterocycles. The summed E-state index contributed by atoms with van der Waals surface area (Å²) in [6.45, 7) is 0. The van der Waals surface area contributed by atoms with Crippen LogP contribution in [0.4, 0.5) is 13.2 Å². The molecule has 0 radical (unpaired) electrons. The summed E-state index contributed by atoms with van der Waals surface area (Å²) < 4.78 is 39.4. The second kappa shape index (κ2) is 4.73. The van der Waals surface area contributed by atoms with Gasteiger partial charge in [0.25, 0.3) is 0 Å². The Hall–Kier alpha value is -2.63. The standard InChI is InChI=1S/C15H9F3N2O/c16-15(17,18)12-4-2-1-3-10(12)14-11-7-9(21)5-6-13(11)19-8-20-14/h1-8,21H. The maximum Gasteiger partial charge on any atom is 0.417 e. The van der Waals surface area contributed by atoms with Gasteiger partial charge in [-0.1, -0.05) is 18.2 Å². The zero-order chi connectivity index (χ0) is 15.0. The van der Waals surface area contributed by atoms with Crippen LogP contribution in [0.2, 0.25) is 0 Å². The zero-order valence-corrected chi connectivity index (χ0v) is 10.6. The number of halogens is 3. The molecule has 3 aromatic rings. The molecule has 3 rings (SSSR count). The lowest BCUT2D eigenvalue weighted by molar-refractivity contribution is -0.137. The van der Waals surface area contributed by atoms with E-state index >= 15 is 0 Å². The SMILES string of the molecule is Oc1ccc2ncnc(-c3ccccc3C(F)(F)F)c2c1. The van der Waals surface area contributed by atoms with Gasteiger partial charge in [-0.25, -0.2) is 9.97 Å². The maximum atomic E-state index is 13.1. The topological polar surface area (TPSA) is 46.0 Å². The quantitative estimate of drug-likeness (QED) is 0.736. The summed E-state index contributed by atoms with van der Waals surface area (Å²) >= 11 is 0. The number of rotatable bonds is 1. The molecule has 1 heterocycles. The van der Waals surface area contributed by atoms with Crippen molar-refractivity contribution in [2.24, 2.45) is 0 Å². The van der Waals surface area contributed by atoms with E-state index in [0.29, 0.717) is 10.9 Å². The Morgan fingerprint density at radius 1 is 0.952 bits per heavy atom. The maximum absolute atomic E-state index is 13.1. The van der Waals surface area contributed by atoms with E-state index in [1.165, 1.54) is 42.7 Å². The molecule has 21 heavy (non-hydrogen) atoms. The number of phenolic OH excluding ortho intramolecular Hbond substituents is 1. The van der Waals surface area contributed by atoms with Crippen LogP contribution in [0.5, 0.6) is 5.75 Å². The second-order valence-corrected chi connectivity index (χ2v) is 4.47. The number of aromatic hydroxyl groups is 1. The highest BCUT2D eigenvalue weighted by Gasteiger charge is 2.34. The molecule has 0 bridgehead atoms. The van der Waals surface area contributed by atoms with Crippen LogP contribution < -0.4 is 0 Å². The van der Waals surface area contributed by atoms with Crippen molar-refractivity contribution in [3.8, 4) is 17.0 Å². The second-order valence-electron chi connectivity index (χ2n) is 4.47. The molecule has 0 amide bonds. The number of benzene rings is 2. The number of hydrogen-bond donors (Lipinski definition) is 1. The molecule has 6 heteroatoms. The minimum absolute atomic E-state index is 0.0389. The highest BCUT2D eigenvalue weighted by atomic mass is 19.4. The number of phenols is 1. The van der Waals surface area contributed by atoms with Gasteiger partial charge in [-0.15, -0.1) is 0 Å². The average Bonchev–Trinajstić information content (AvgIpc) is 2.45. The number of hydrogen-bond acceptors (Lipinski definition) is 3. The summed E-state index contributed by atoms with van der Waals surface area (Å²) in [4.78, 5) is 7.97. The van der Waals surface area contributed by atoms with E-state index in [1.807, 2.05) is 0 Å². The molecule has 3 nitrogen and oxygen atoms in total. The van der Waals surface area contributed by atoms with Crippen LogP contribution in [0.3, 0.4) is 0 Å². The van der Waals surface area contributed by atoms with Crippen LogP contribution in [-0.2, 0) is 6.18 Å². The molecule has 0 spiro atoms. The van der Waals surface area contributed by atoms with Gasteiger partial charge in [0, 0.05) is 10.9 Å². The van der Waals surface area contributed by atoms with Crippen LogP contribution in [0.1, 0.15) is 5.56 Å². The molecule has 1 N–H and O–H groups in total. The van der Waals surface area contributed by atoms with Gasteiger partial charge in [0.05, 0.1) is 16.8 Å². The number of fused-ring (bicyclic) bond motifs is 1. The fourth-order valence-corrected chi connectivity index (χ4v) is 2.20. The molecule has 0 atom stereocenters. The lowest BCUT2D eigenvalue weighted by atomic mass is 10.0. The molecule has 106 valence electrons. The molecule has 0 saturated carbocycles. The molecule has 0 fully saturated rings. The third kappa shape index (κ3) is 2.40. The highest BCUT2D eigenvalue weighted by Crippen LogP contribution is 2.38. The Balaban J connectivity index is 2.34. The first-order chi connectivity index (χ1) is 9.97. The predicted molar refractivity (Wildman–Crippen MR) is 71.6 cm³/mol. The van der Waals surface area contributed by atoms with Gasteiger partial charge >= 0.3 is 6.18 Å². The third-order valence-electron chi connectivity index (χ3n) is 3.11. The van der Waals surface area contributed by atoms with E-state index in [0.717, 1.165) is 6.07 Å². The smallest absolute Gasteiger partial charge is 0.417 e. The van der Waals surface area contributed by atoms with Gasteiger partial charge in [0.2, 0.25) is 0 Å². The van der Waals surface area contributed by atoms with Crippen molar-refractivity contribution in [1.82, 2.24) is 9.97 Å². The van der Waals surface area contributed by atoms with Crippen LogP contribution in [-0.4, -0.2) is 15.1 Å². The van der Waals surface area contributed by atoms with E-state index in [-0.39, 0.29) is 17.0 Å². The number of alkyl halides is 3. The summed E-state index contributed by atoms with van der Waals surface area (Å²) in [6, 6.07) is 9.52. The summed E-state index contributed by atoms with van der Waals surface area (Å²) in [7, 11) is 0. The van der Waals surface area contributed by atoms with Gasteiger partial charge in [0.1, 0.15) is 12.1 Å². The van der Waals surface area contributed by atoms with Crippen LogP contribution in [0.15, 0.2) is 48.8 Å². The normalized spacial score (nSPS) is 11.8. The summed E-state index contributed by atoms with van der Waals surface area (Å²) in [5, 5.41) is 9.92. The van der Waals surface area contributed by atoms with Gasteiger partial charge in [-0.05, 0) is 24.3 Å². The van der Waals surface area contributed by atoms with Crippen LogP contribution >= 0.6 is 0 Å². The van der Waals surface area contributed by atoms with Crippen molar-refractivity contribution in [1.29, 1.82) is 0 Å². The van der Waals surface area contributed by atoms with E-state index in [9.17, 15) is 18.3 Å². The fraction of sp³-hybridized carbons (Fsp3) is 0.0667. The Kier molecular flexibility index (Phi) is 3.01. The average molecular weight is 290 g/mol. The Morgan fingerprint density at radius 3 is 2.48 bits per heavy atom. The first kappa shape index (κ1) is 13.4. The van der Waals surface area contributed by atoms with Crippen molar-refractivity contribution in [2.75, 3.05) is 0 Å². The van der Waals surface area contributed by atoms with E-state index in [1.54, 1.807) is 0 Å². The first-order valence-electron chi connectivity index (χ1n) is 6.07. The molecular formula is C15H9F3N2O. The number of nitrogens with zero attached hydrogens (tertiary/aromatic N) is 2. The number of aromatic nitrogens is 2. The lowest BCUT2D eigenvalue weighted by Crippen LogP contribution is -2.07. The zero-order valence-electron chi connectivity index (χ0n) is 10.6. The summed E-state index contributed by atoms with van der Waals surface area (Å²) in [6.07, 6.45) is -3.27. The van der Waals surface area contributed by atoms with Gasteiger partial charge < -0.3 is 5.11 Å². The van der Waals surface area contributed by atoms with Crippen LogP contribution in [0, 0.1) is 0 Å². The van der Waals surface area contributed by atoms with E-state index < -0.39 is 11.7 Å². The van der Waals surface area contributed by atoms with E-state index in [2.05, 4.69) is 9.97 Å². The molecule has 0 aliphatic rings. The minimum atomic E-state index is -4.48. The Labute approximate surface area is 117 Å². The predicted octanol–water partition coefficient (Wildman–Crippen LogP) is 4.02. The monoisotopic (exact) mass is 290 g/mol. The minimum Gasteiger partial charge on any atom is -0.508 e. The van der Waals surface area contributed by atoms with E-state index in [4.69, 9.17) is 0 Å². The largest absolute Gasteiger partial charge is 0.508 e. The Bertz CT molecular complexity index is 815. The first-order valence-corrected chi connectivity index (χ1v) is 6.07. The van der Waals surface area contributed by atoms with Crippen molar-refractivity contribution in [3.05, 3.63) is 54.4 Å². The molecular weight excluding hydrogens is 281 g/mol. The summed E-state index contributed by atoms with van der Waals surface area (Å²) in [5.74, 6) is -0.0527. The van der Waals surface area contributed by atoms with Crippen molar-refractivity contribution in [2.45, 2.75) is 6.18 Å². The van der Waals surface area contributed by atoms with Crippen molar-refractivity contribution in [3.63, 3.8) is 0 Å². The molecule has 0 unspecified atom stereocenters. The highest BCUT2D eigenvalue weighted by molar-refractivity contribution is 5.93. The molecule has 1 aromatic heterocycles. The van der Waals surface area contributed by atoms with Crippen molar-refractivity contribution >= 4 is 10.9 Å². The van der Waals surface area contributed by atoms with Crippen LogP contribution in [0.25, 0.3) is 22.2 Å². The van der Waals surface area contributed by atoms with Gasteiger partial charge in [0.15, 0.2) is 0 Å². The van der Waals surface area contributed by atoms with Gasteiger partial charge in [-0.3, -0.25) is 0 Å². The fourth-order valence-electron chi connectivity index (χ4n) is 2.20. The molecule has 0 aliphatic carbocycles. The Morgan fingerprint density at radius 2 is 1.71 bits per heavy atom. The lowest BCUT2D eigenvalue weighted by Gasteiger charge is -2.13. The molecule has 2 aromatic carbocycles. The third-order valence-corrected chi connectivity index (χ3v) is 3.11. The van der Waals surface area contributed by atoms with Crippen molar-refractivity contribution < 1.29 is 18.3 Å². The van der Waals surface area contributed by atoms with Gasteiger partial charge in [-0.2, -0.15) is 13.2 Å². The summed E-state index contributed by atoms with van der Waals surface area (Å²) in [5.41, 5.74) is -0.199.